The number of carbonyl (C=O) groups is 4. The molecule has 0 spiro atoms. The van der Waals surface area contributed by atoms with Gasteiger partial charge in [0.05, 0.1) is 31.9 Å². The lowest BCUT2D eigenvalue weighted by atomic mass is 10.00. The van der Waals surface area contributed by atoms with Gasteiger partial charge in [-0.1, -0.05) is 6.92 Å². The zero-order valence-corrected chi connectivity index (χ0v) is 40.3. The summed E-state index contributed by atoms with van der Waals surface area (Å²) >= 11 is 0. The van der Waals surface area contributed by atoms with E-state index in [1.807, 2.05) is 94.9 Å². The molecule has 0 bridgehead atoms. The van der Waals surface area contributed by atoms with Gasteiger partial charge in [-0.15, -0.1) is 0 Å². The highest BCUT2D eigenvalue weighted by Crippen LogP contribution is 2.28. The van der Waals surface area contributed by atoms with Gasteiger partial charge in [0.15, 0.2) is 0 Å². The number of likely N-dealkylation sites (tertiary alicyclic amines) is 1. The first-order chi connectivity index (χ1) is 27.7. The molecule has 2 fully saturated rings. The molecule has 0 aromatic carbocycles. The fraction of sp³-hybridized carbons (Fsp3) is 0.870. The smallest absolute Gasteiger partial charge is 0.329 e. The van der Waals surface area contributed by atoms with E-state index in [4.69, 9.17) is 23.7 Å². The van der Waals surface area contributed by atoms with Crippen LogP contribution in [-0.2, 0) is 42.9 Å². The summed E-state index contributed by atoms with van der Waals surface area (Å²) in [6.45, 7) is 34.2. The summed E-state index contributed by atoms with van der Waals surface area (Å²) in [6, 6.07) is -0.289. The molecule has 14 nitrogen and oxygen atoms in total. The molecule has 0 aromatic rings. The number of nitrogens with zero attached hydrogens (tertiary/aromatic N) is 5. The van der Waals surface area contributed by atoms with Crippen LogP contribution in [0.3, 0.4) is 0 Å². The maximum absolute atomic E-state index is 13.2. The molecule has 348 valence electrons. The highest BCUT2D eigenvalue weighted by atomic mass is 16.6. The Hall–Kier alpha value is -2.94. The quantitative estimate of drug-likeness (QED) is 0.0750. The van der Waals surface area contributed by atoms with E-state index < -0.39 is 22.4 Å². The van der Waals surface area contributed by atoms with Crippen molar-refractivity contribution in [3.63, 3.8) is 0 Å². The average molecular weight is 852 g/mol. The van der Waals surface area contributed by atoms with Crippen molar-refractivity contribution in [3.8, 4) is 0 Å². The number of hydrogen-bond donors (Lipinski definition) is 0. The van der Waals surface area contributed by atoms with Gasteiger partial charge in [0.2, 0.25) is 0 Å². The molecule has 0 aliphatic carbocycles. The Morgan fingerprint density at radius 3 is 1.30 bits per heavy atom. The fourth-order valence-corrected chi connectivity index (χ4v) is 7.39. The van der Waals surface area contributed by atoms with Gasteiger partial charge >= 0.3 is 23.9 Å². The predicted molar refractivity (Wildman–Crippen MR) is 236 cm³/mol. The molecule has 2 rings (SSSR count). The SMILES string of the molecule is CCC(=C(C)OCCCCCN1CCN(CC(=O)OC(C)(C)C)CCN(CC(=O)OC(C)(C)C)CCN(CC(=O)OC(C)(C)C)CC1)N1CCCC[C@H]1C(=O)OC(C)(C)C. The van der Waals surface area contributed by atoms with Crippen LogP contribution in [0.5, 0.6) is 0 Å². The number of rotatable bonds is 16. The van der Waals surface area contributed by atoms with Crippen LogP contribution < -0.4 is 0 Å². The monoisotopic (exact) mass is 852 g/mol. The average Bonchev–Trinajstić information content (AvgIpc) is 3.07. The first kappa shape index (κ1) is 53.2. The van der Waals surface area contributed by atoms with Gasteiger partial charge in [0.1, 0.15) is 34.2 Å². The third-order valence-corrected chi connectivity index (χ3v) is 9.95. The largest absolute Gasteiger partial charge is 0.496 e. The van der Waals surface area contributed by atoms with Crippen LogP contribution >= 0.6 is 0 Å². The van der Waals surface area contributed by atoms with E-state index in [1.165, 1.54) is 0 Å². The third-order valence-electron chi connectivity index (χ3n) is 9.95. The Morgan fingerprint density at radius 1 is 0.517 bits per heavy atom. The van der Waals surface area contributed by atoms with Crippen molar-refractivity contribution >= 4 is 23.9 Å². The van der Waals surface area contributed by atoms with Crippen molar-refractivity contribution in [2.24, 2.45) is 0 Å². The molecule has 14 heteroatoms. The summed E-state index contributed by atoms with van der Waals surface area (Å²) in [5.74, 6) is -0.159. The minimum atomic E-state index is -0.609. The normalized spacial score (nSPS) is 19.7. The first-order valence-electron chi connectivity index (χ1n) is 22.6. The number of carbonyl (C=O) groups excluding carboxylic acids is 4. The van der Waals surface area contributed by atoms with Gasteiger partial charge in [0, 0.05) is 58.9 Å². The molecule has 60 heavy (non-hydrogen) atoms. The Bertz CT molecular complexity index is 1330. The van der Waals surface area contributed by atoms with Crippen LogP contribution in [0.25, 0.3) is 0 Å². The van der Waals surface area contributed by atoms with E-state index in [0.29, 0.717) is 45.9 Å². The van der Waals surface area contributed by atoms with Crippen molar-refractivity contribution in [2.75, 3.05) is 91.7 Å². The van der Waals surface area contributed by atoms with Gasteiger partial charge in [-0.2, -0.15) is 0 Å². The van der Waals surface area contributed by atoms with Gasteiger partial charge in [-0.3, -0.25) is 29.1 Å². The predicted octanol–water partition coefficient (Wildman–Crippen LogP) is 6.26. The lowest BCUT2D eigenvalue weighted by molar-refractivity contribution is -0.162. The highest BCUT2D eigenvalue weighted by molar-refractivity contribution is 5.76. The highest BCUT2D eigenvalue weighted by Gasteiger charge is 2.34. The molecule has 0 unspecified atom stereocenters. The molecule has 2 saturated heterocycles. The van der Waals surface area contributed by atoms with E-state index in [9.17, 15) is 19.2 Å². The number of ether oxygens (including phenoxy) is 5. The first-order valence-corrected chi connectivity index (χ1v) is 22.6. The fourth-order valence-electron chi connectivity index (χ4n) is 7.39. The molecule has 0 N–H and O–H groups in total. The second-order valence-electron chi connectivity index (χ2n) is 20.4. The Labute approximate surface area is 363 Å². The van der Waals surface area contributed by atoms with Crippen molar-refractivity contribution < 1.29 is 42.9 Å². The van der Waals surface area contributed by atoms with Gasteiger partial charge in [0.25, 0.3) is 0 Å². The number of hydrogen-bond acceptors (Lipinski definition) is 14. The standard InChI is InChI=1S/C46H85N5O9/c1-15-37(51-23-19-17-21-38(51)42(55)60-46(12,13)14)36(2)56-32-20-16-18-22-47-24-26-48(33-39(52)57-43(3,4)5)28-30-50(35-41(54)59-45(9,10)11)31-29-49(27-25-47)34-40(53)58-44(6,7)8/h38H,15-35H2,1-14H3/t38-/m0/s1. The second kappa shape index (κ2) is 24.6. The lowest BCUT2D eigenvalue weighted by Crippen LogP contribution is -2.49. The Kier molecular flexibility index (Phi) is 21.8. The van der Waals surface area contributed by atoms with Crippen LogP contribution in [0.1, 0.15) is 142 Å². The summed E-state index contributed by atoms with van der Waals surface area (Å²) in [7, 11) is 0. The summed E-state index contributed by atoms with van der Waals surface area (Å²) in [5.41, 5.74) is -1.26. The van der Waals surface area contributed by atoms with Crippen molar-refractivity contribution in [1.29, 1.82) is 0 Å². The second-order valence-corrected chi connectivity index (χ2v) is 20.4. The van der Waals surface area contributed by atoms with Gasteiger partial charge in [-0.25, -0.2) is 4.79 Å². The van der Waals surface area contributed by atoms with Crippen LogP contribution in [0.4, 0.5) is 0 Å². The summed E-state index contributed by atoms with van der Waals surface area (Å²) < 4.78 is 29.2. The zero-order valence-electron chi connectivity index (χ0n) is 40.3. The van der Waals surface area contributed by atoms with Crippen molar-refractivity contribution in [3.05, 3.63) is 11.5 Å². The zero-order chi connectivity index (χ0) is 45.3. The Morgan fingerprint density at radius 2 is 0.917 bits per heavy atom. The van der Waals surface area contributed by atoms with Crippen LogP contribution in [0, 0.1) is 0 Å². The molecule has 2 aliphatic heterocycles. The maximum Gasteiger partial charge on any atom is 0.329 e. The molecular formula is C46H85N5O9. The van der Waals surface area contributed by atoms with E-state index in [1.54, 1.807) is 0 Å². The molecule has 0 amide bonds. The van der Waals surface area contributed by atoms with E-state index in [-0.39, 0.29) is 49.6 Å². The van der Waals surface area contributed by atoms with E-state index >= 15 is 0 Å². The summed E-state index contributed by atoms with van der Waals surface area (Å²) in [6.07, 6.45) is 6.42. The molecule has 0 saturated carbocycles. The Balaban J connectivity index is 2.16. The summed E-state index contributed by atoms with van der Waals surface area (Å²) in [5, 5.41) is 0. The number of unbranched alkanes of at least 4 members (excludes halogenated alkanes) is 2. The topological polar surface area (TPSA) is 131 Å². The van der Waals surface area contributed by atoms with Crippen molar-refractivity contribution in [1.82, 2.24) is 24.5 Å². The lowest BCUT2D eigenvalue weighted by Gasteiger charge is -2.39. The summed E-state index contributed by atoms with van der Waals surface area (Å²) in [4.78, 5) is 63.2. The maximum atomic E-state index is 13.2. The molecule has 2 heterocycles. The molecule has 1 atom stereocenters. The van der Waals surface area contributed by atoms with Gasteiger partial charge in [-0.05, 0) is 141 Å². The van der Waals surface area contributed by atoms with E-state index in [0.717, 1.165) is 82.6 Å². The minimum absolute atomic E-state index is 0.105. The number of piperidine rings is 1. The van der Waals surface area contributed by atoms with Crippen LogP contribution in [-0.4, -0.2) is 169 Å². The minimum Gasteiger partial charge on any atom is -0.496 e. The third kappa shape index (κ3) is 23.3. The number of esters is 4. The van der Waals surface area contributed by atoms with Gasteiger partial charge < -0.3 is 33.5 Å². The van der Waals surface area contributed by atoms with E-state index in [2.05, 4.69) is 26.5 Å². The molecule has 2 aliphatic rings. The van der Waals surface area contributed by atoms with Crippen LogP contribution in [0.15, 0.2) is 11.5 Å². The molecule has 0 aromatic heterocycles. The van der Waals surface area contributed by atoms with Crippen molar-refractivity contribution in [2.45, 2.75) is 170 Å². The molecule has 0 radical (unpaired) electrons. The number of allylic oxidation sites excluding steroid dienone is 2. The molecular weight excluding hydrogens is 767 g/mol. The van der Waals surface area contributed by atoms with Crippen LogP contribution in [0.2, 0.25) is 0 Å².